The maximum absolute atomic E-state index is 15.1. The Morgan fingerprint density at radius 1 is 1.03 bits per heavy atom. The lowest BCUT2D eigenvalue weighted by molar-refractivity contribution is 0.0946. The van der Waals surface area contributed by atoms with E-state index in [4.69, 9.17) is 10.5 Å². The van der Waals surface area contributed by atoms with Crippen molar-refractivity contribution in [3.8, 4) is 28.0 Å². The molecule has 2 aromatic carbocycles. The van der Waals surface area contributed by atoms with Crippen LogP contribution in [-0.4, -0.2) is 55.6 Å². The van der Waals surface area contributed by atoms with Gasteiger partial charge in [-0.25, -0.2) is 4.98 Å². The molecule has 1 aromatic heterocycles. The summed E-state index contributed by atoms with van der Waals surface area (Å²) in [5, 5.41) is 6.21. The van der Waals surface area contributed by atoms with Crippen LogP contribution in [0, 0.1) is 5.95 Å². The van der Waals surface area contributed by atoms with Gasteiger partial charge in [0.25, 0.3) is 5.91 Å². The molecule has 8 heteroatoms. The number of hydrogen-bond donors (Lipinski definition) is 3. The average Bonchev–Trinajstić information content (AvgIpc) is 2.85. The molecule has 4 N–H and O–H groups in total. The molecule has 1 amide bonds. The van der Waals surface area contributed by atoms with E-state index in [9.17, 15) is 4.79 Å². The number of benzene rings is 2. The Morgan fingerprint density at radius 3 is 2.56 bits per heavy atom. The fraction of sp³-hybridized carbons (Fsp3) is 0.357. The fourth-order valence-corrected chi connectivity index (χ4v) is 4.95. The van der Waals surface area contributed by atoms with Crippen molar-refractivity contribution in [1.29, 1.82) is 0 Å². The lowest BCUT2D eigenvalue weighted by Gasteiger charge is -2.26. The Balaban J connectivity index is 1.52. The van der Waals surface area contributed by atoms with Gasteiger partial charge in [-0.3, -0.25) is 4.79 Å². The Morgan fingerprint density at radius 2 is 1.78 bits per heavy atom. The molecule has 7 nitrogen and oxygen atoms in total. The molecule has 3 heterocycles. The first-order valence-electron chi connectivity index (χ1n) is 12.4. The summed E-state index contributed by atoms with van der Waals surface area (Å²) in [7, 11) is 4.00. The zero-order valence-corrected chi connectivity index (χ0v) is 20.7. The van der Waals surface area contributed by atoms with Crippen LogP contribution >= 0.6 is 0 Å². The molecule has 2 aliphatic heterocycles. The van der Waals surface area contributed by atoms with Gasteiger partial charge in [0.15, 0.2) is 0 Å². The van der Waals surface area contributed by atoms with Crippen LogP contribution in [0.3, 0.4) is 0 Å². The highest BCUT2D eigenvalue weighted by molar-refractivity contribution is 5.97. The molecule has 0 bridgehead atoms. The number of nitrogen functional groups attached to an aromatic ring is 1. The van der Waals surface area contributed by atoms with Crippen molar-refractivity contribution in [2.75, 3.05) is 39.5 Å². The third-order valence-corrected chi connectivity index (χ3v) is 6.78. The van der Waals surface area contributed by atoms with E-state index >= 15 is 4.39 Å². The number of halogens is 1. The Hall–Kier alpha value is -3.49. The van der Waals surface area contributed by atoms with Crippen LogP contribution in [0.1, 0.15) is 34.3 Å². The average molecular weight is 490 g/mol. The number of fused-ring (bicyclic) bond motifs is 1. The topological polar surface area (TPSA) is 92.5 Å². The van der Waals surface area contributed by atoms with Crippen LogP contribution in [0.15, 0.2) is 42.5 Å². The van der Waals surface area contributed by atoms with Crippen LogP contribution in [-0.2, 0) is 13.0 Å². The second-order valence-electron chi connectivity index (χ2n) is 9.76. The van der Waals surface area contributed by atoms with Gasteiger partial charge >= 0.3 is 0 Å². The van der Waals surface area contributed by atoms with Crippen LogP contribution in [0.2, 0.25) is 0 Å². The Kier molecular flexibility index (Phi) is 6.89. The van der Waals surface area contributed by atoms with Crippen molar-refractivity contribution in [1.82, 2.24) is 20.5 Å². The molecule has 0 saturated carbocycles. The number of rotatable bonds is 6. The molecule has 0 atom stereocenters. The Labute approximate surface area is 210 Å². The third kappa shape index (κ3) is 5.05. The van der Waals surface area contributed by atoms with Gasteiger partial charge in [-0.05, 0) is 87.4 Å². The highest BCUT2D eigenvalue weighted by atomic mass is 19.1. The molecular weight excluding hydrogens is 457 g/mol. The second-order valence-corrected chi connectivity index (χ2v) is 9.76. The summed E-state index contributed by atoms with van der Waals surface area (Å²) in [5.41, 5.74) is 11.3. The largest absolute Gasteiger partial charge is 0.490 e. The summed E-state index contributed by atoms with van der Waals surface area (Å²) in [6, 6.07) is 13.1. The maximum atomic E-state index is 15.1. The number of piperidine rings is 1. The van der Waals surface area contributed by atoms with Gasteiger partial charge in [0.2, 0.25) is 5.95 Å². The van der Waals surface area contributed by atoms with Crippen LogP contribution in [0.5, 0.6) is 5.75 Å². The maximum Gasteiger partial charge on any atom is 0.251 e. The summed E-state index contributed by atoms with van der Waals surface area (Å²) in [5.74, 6) is 0.262. The number of nitrogens with two attached hydrogens (primary N) is 1. The molecule has 0 aliphatic carbocycles. The van der Waals surface area contributed by atoms with Crippen molar-refractivity contribution >= 4 is 11.7 Å². The van der Waals surface area contributed by atoms with Gasteiger partial charge in [-0.1, -0.05) is 18.2 Å². The predicted molar refractivity (Wildman–Crippen MR) is 139 cm³/mol. The van der Waals surface area contributed by atoms with Crippen molar-refractivity contribution in [2.24, 2.45) is 0 Å². The number of nitrogens with one attached hydrogen (secondary N) is 2. The third-order valence-electron chi connectivity index (χ3n) is 6.78. The molecule has 1 saturated heterocycles. The van der Waals surface area contributed by atoms with E-state index in [1.807, 2.05) is 44.4 Å². The summed E-state index contributed by atoms with van der Waals surface area (Å²) >= 11 is 0. The number of amides is 1. The normalized spacial score (nSPS) is 16.1. The number of pyridine rings is 1. The first-order valence-corrected chi connectivity index (χ1v) is 12.4. The summed E-state index contributed by atoms with van der Waals surface area (Å²) in [6.45, 7) is 3.16. The van der Waals surface area contributed by atoms with E-state index < -0.39 is 5.95 Å². The fourth-order valence-electron chi connectivity index (χ4n) is 4.95. The molecule has 3 aromatic rings. The number of carbonyl (C=O) groups is 1. The minimum absolute atomic E-state index is 0.0751. The van der Waals surface area contributed by atoms with Gasteiger partial charge in [0, 0.05) is 35.3 Å². The molecule has 0 spiro atoms. The van der Waals surface area contributed by atoms with Crippen LogP contribution in [0.25, 0.3) is 22.3 Å². The van der Waals surface area contributed by atoms with E-state index in [0.717, 1.165) is 54.8 Å². The Bertz CT molecular complexity index is 1290. The first kappa shape index (κ1) is 24.2. The van der Waals surface area contributed by atoms with E-state index in [2.05, 4.69) is 20.5 Å². The van der Waals surface area contributed by atoms with Crippen LogP contribution < -0.4 is 21.1 Å². The summed E-state index contributed by atoms with van der Waals surface area (Å²) in [4.78, 5) is 18.2. The second kappa shape index (κ2) is 10.2. The number of nitrogens with zero attached hydrogens (tertiary/aromatic N) is 2. The van der Waals surface area contributed by atoms with Crippen molar-refractivity contribution in [2.45, 2.75) is 31.9 Å². The van der Waals surface area contributed by atoms with Gasteiger partial charge in [0.05, 0.1) is 0 Å². The number of ether oxygens (including phenoxy) is 1. The molecule has 5 rings (SSSR count). The number of aromatic nitrogens is 1. The van der Waals surface area contributed by atoms with Gasteiger partial charge < -0.3 is 26.0 Å². The van der Waals surface area contributed by atoms with Gasteiger partial charge in [0.1, 0.15) is 17.7 Å². The SMILES string of the molecule is CN(C)Cc1cc(-c2cc(-c3ccc4c(c3)CCNC4=O)c(N)nc2F)ccc1OC1CCNCC1. The molecule has 36 heavy (non-hydrogen) atoms. The highest BCUT2D eigenvalue weighted by Gasteiger charge is 2.21. The summed E-state index contributed by atoms with van der Waals surface area (Å²) in [6.07, 6.45) is 2.84. The number of carbonyl (C=O) groups excluding carboxylic acids is 1. The van der Waals surface area contributed by atoms with Gasteiger partial charge in [-0.15, -0.1) is 0 Å². The van der Waals surface area contributed by atoms with E-state index in [0.29, 0.717) is 35.3 Å². The number of hydrogen-bond acceptors (Lipinski definition) is 6. The van der Waals surface area contributed by atoms with Crippen molar-refractivity contribution in [3.63, 3.8) is 0 Å². The monoisotopic (exact) mass is 489 g/mol. The zero-order valence-electron chi connectivity index (χ0n) is 20.7. The smallest absolute Gasteiger partial charge is 0.251 e. The van der Waals surface area contributed by atoms with E-state index in [1.54, 1.807) is 12.1 Å². The zero-order chi connectivity index (χ0) is 25.2. The van der Waals surface area contributed by atoms with Gasteiger partial charge in [-0.2, -0.15) is 4.39 Å². The van der Waals surface area contributed by atoms with Crippen LogP contribution in [0.4, 0.5) is 10.2 Å². The minimum Gasteiger partial charge on any atom is -0.490 e. The molecule has 0 unspecified atom stereocenters. The van der Waals surface area contributed by atoms with E-state index in [1.165, 1.54) is 0 Å². The standard InChI is InChI=1S/C28H32FN5O2/c1-34(2)16-20-14-17(4-6-25(20)36-21-8-10-31-11-9-21)23-15-24(27(30)33-26(23)29)18-3-5-22-19(13-18)7-12-32-28(22)35/h3-6,13-15,21,31H,7-12,16H2,1-2H3,(H2,30,33)(H,32,35). The lowest BCUT2D eigenvalue weighted by atomic mass is 9.93. The predicted octanol–water partition coefficient (Wildman–Crippen LogP) is 3.62. The number of anilines is 1. The van der Waals surface area contributed by atoms with E-state index in [-0.39, 0.29) is 17.8 Å². The minimum atomic E-state index is -0.614. The van der Waals surface area contributed by atoms with Crippen molar-refractivity contribution < 1.29 is 13.9 Å². The van der Waals surface area contributed by atoms with Crippen molar-refractivity contribution in [3.05, 3.63) is 65.1 Å². The molecule has 188 valence electrons. The molecule has 1 fully saturated rings. The molecule has 0 radical (unpaired) electrons. The lowest BCUT2D eigenvalue weighted by Crippen LogP contribution is -2.34. The first-order chi connectivity index (χ1) is 17.4. The molecule has 2 aliphatic rings. The quantitative estimate of drug-likeness (QED) is 0.458. The highest BCUT2D eigenvalue weighted by Crippen LogP contribution is 2.35. The summed E-state index contributed by atoms with van der Waals surface area (Å²) < 4.78 is 21.5. The molecular formula is C28H32FN5O2.